The molecule has 0 aliphatic rings. The molecule has 0 aromatic heterocycles. The molecule has 0 fully saturated rings. The van der Waals surface area contributed by atoms with Gasteiger partial charge in [0.2, 0.25) is 0 Å². The summed E-state index contributed by atoms with van der Waals surface area (Å²) in [4.78, 5) is 33.9. The summed E-state index contributed by atoms with van der Waals surface area (Å²) in [5.41, 5.74) is -0.628. The monoisotopic (exact) mass is 320 g/mol. The standard InChI is InChI=1S/C18H24O5/c1-17(2,3)21-16(20)14(13-10-8-7-9-11-13)12-15(19)22-23-18(4,5)6/h7-12H,1-6H3/b14-12-. The number of carbonyl (C=O) groups excluding carboxylic acids is 2. The first kappa shape index (κ1) is 18.9. The molecule has 0 spiro atoms. The second kappa shape index (κ2) is 7.42. The van der Waals surface area contributed by atoms with Gasteiger partial charge < -0.3 is 4.74 Å². The average molecular weight is 320 g/mol. The summed E-state index contributed by atoms with van der Waals surface area (Å²) in [6.45, 7) is 10.5. The topological polar surface area (TPSA) is 61.8 Å². The molecule has 0 amide bonds. The molecule has 126 valence electrons. The molecular weight excluding hydrogens is 296 g/mol. The average Bonchev–Trinajstić information content (AvgIpc) is 2.40. The van der Waals surface area contributed by atoms with Crippen molar-refractivity contribution in [1.29, 1.82) is 0 Å². The van der Waals surface area contributed by atoms with E-state index in [9.17, 15) is 9.59 Å². The Kier molecular flexibility index (Phi) is 6.10. The van der Waals surface area contributed by atoms with Crippen molar-refractivity contribution in [3.8, 4) is 0 Å². The lowest BCUT2D eigenvalue weighted by molar-refractivity contribution is -0.316. The molecule has 0 unspecified atom stereocenters. The van der Waals surface area contributed by atoms with Gasteiger partial charge in [0.25, 0.3) is 0 Å². The Hall–Kier alpha value is -2.14. The van der Waals surface area contributed by atoms with Gasteiger partial charge in [0.05, 0.1) is 5.57 Å². The molecular formula is C18H24O5. The van der Waals surface area contributed by atoms with Crippen LogP contribution in [-0.2, 0) is 24.1 Å². The zero-order valence-corrected chi connectivity index (χ0v) is 14.5. The van der Waals surface area contributed by atoms with Crippen LogP contribution >= 0.6 is 0 Å². The SMILES string of the molecule is CC(C)(C)OOC(=O)/C=C(\C(=O)OC(C)(C)C)c1ccccc1. The molecule has 0 saturated heterocycles. The Morgan fingerprint density at radius 3 is 1.96 bits per heavy atom. The van der Waals surface area contributed by atoms with Gasteiger partial charge in [-0.1, -0.05) is 30.3 Å². The first-order valence-corrected chi connectivity index (χ1v) is 7.38. The highest BCUT2D eigenvalue weighted by Crippen LogP contribution is 2.20. The van der Waals surface area contributed by atoms with Crippen molar-refractivity contribution < 1.29 is 24.1 Å². The fourth-order valence-electron chi connectivity index (χ4n) is 1.52. The fraction of sp³-hybridized carbons (Fsp3) is 0.444. The normalized spacial score (nSPS) is 12.7. The van der Waals surface area contributed by atoms with Gasteiger partial charge in [-0.25, -0.2) is 9.59 Å². The lowest BCUT2D eigenvalue weighted by atomic mass is 10.1. The number of carbonyl (C=O) groups is 2. The van der Waals surface area contributed by atoms with E-state index < -0.39 is 23.1 Å². The Morgan fingerprint density at radius 1 is 0.913 bits per heavy atom. The first-order chi connectivity index (χ1) is 10.5. The van der Waals surface area contributed by atoms with Crippen molar-refractivity contribution in [2.45, 2.75) is 52.7 Å². The number of hydrogen-bond acceptors (Lipinski definition) is 5. The predicted octanol–water partition coefficient (Wildman–Crippen LogP) is 3.69. The third kappa shape index (κ3) is 7.61. The predicted molar refractivity (Wildman–Crippen MR) is 87.2 cm³/mol. The van der Waals surface area contributed by atoms with Crippen LogP contribution in [0.4, 0.5) is 0 Å². The van der Waals surface area contributed by atoms with Gasteiger partial charge in [-0.15, -0.1) is 0 Å². The fourth-order valence-corrected chi connectivity index (χ4v) is 1.52. The van der Waals surface area contributed by atoms with Crippen LogP contribution in [0.25, 0.3) is 5.57 Å². The van der Waals surface area contributed by atoms with Crippen LogP contribution in [0.1, 0.15) is 47.1 Å². The number of hydrogen-bond donors (Lipinski definition) is 0. The van der Waals surface area contributed by atoms with Crippen molar-refractivity contribution in [2.75, 3.05) is 0 Å². The maximum absolute atomic E-state index is 12.4. The van der Waals surface area contributed by atoms with E-state index in [1.807, 2.05) is 6.07 Å². The Morgan fingerprint density at radius 2 is 1.48 bits per heavy atom. The molecule has 1 rings (SSSR count). The Balaban J connectivity index is 3.02. The van der Waals surface area contributed by atoms with E-state index in [0.29, 0.717) is 5.56 Å². The Labute approximate surface area is 137 Å². The van der Waals surface area contributed by atoms with E-state index in [1.165, 1.54) is 0 Å². The molecule has 23 heavy (non-hydrogen) atoms. The second-order valence-corrected chi connectivity index (χ2v) is 7.02. The molecule has 0 aliphatic carbocycles. The molecule has 0 atom stereocenters. The third-order valence-corrected chi connectivity index (χ3v) is 2.34. The van der Waals surface area contributed by atoms with Gasteiger partial charge in [0.15, 0.2) is 0 Å². The molecule has 0 saturated carbocycles. The van der Waals surface area contributed by atoms with Gasteiger partial charge in [-0.2, -0.15) is 4.89 Å². The second-order valence-electron chi connectivity index (χ2n) is 7.02. The van der Waals surface area contributed by atoms with Crippen LogP contribution in [-0.4, -0.2) is 23.1 Å². The highest BCUT2D eigenvalue weighted by molar-refractivity contribution is 6.20. The number of benzene rings is 1. The van der Waals surface area contributed by atoms with Gasteiger partial charge in [0.1, 0.15) is 11.2 Å². The maximum Gasteiger partial charge on any atom is 0.366 e. The van der Waals surface area contributed by atoms with Crippen LogP contribution in [0.3, 0.4) is 0 Å². The van der Waals surface area contributed by atoms with Crippen molar-refractivity contribution >= 4 is 17.5 Å². The number of esters is 1. The van der Waals surface area contributed by atoms with E-state index in [-0.39, 0.29) is 5.57 Å². The van der Waals surface area contributed by atoms with Crippen LogP contribution < -0.4 is 0 Å². The summed E-state index contributed by atoms with van der Waals surface area (Å²) in [6, 6.07) is 8.79. The van der Waals surface area contributed by atoms with Crippen LogP contribution in [0.5, 0.6) is 0 Å². The van der Waals surface area contributed by atoms with Gasteiger partial charge >= 0.3 is 11.9 Å². The lowest BCUT2D eigenvalue weighted by Gasteiger charge is -2.20. The van der Waals surface area contributed by atoms with Gasteiger partial charge in [0, 0.05) is 6.08 Å². The molecule has 5 heteroatoms. The number of ether oxygens (including phenoxy) is 1. The van der Waals surface area contributed by atoms with Crippen molar-refractivity contribution in [2.24, 2.45) is 0 Å². The summed E-state index contributed by atoms with van der Waals surface area (Å²) in [6.07, 6.45) is 1.08. The van der Waals surface area contributed by atoms with Gasteiger partial charge in [-0.3, -0.25) is 4.89 Å². The van der Waals surface area contributed by atoms with Crippen LogP contribution in [0, 0.1) is 0 Å². The van der Waals surface area contributed by atoms with E-state index in [0.717, 1.165) is 6.08 Å². The number of rotatable bonds is 4. The molecule has 0 N–H and O–H groups in total. The highest BCUT2D eigenvalue weighted by Gasteiger charge is 2.23. The minimum absolute atomic E-state index is 0.114. The highest BCUT2D eigenvalue weighted by atomic mass is 17.2. The summed E-state index contributed by atoms with van der Waals surface area (Å²) in [5, 5.41) is 0. The van der Waals surface area contributed by atoms with Crippen molar-refractivity contribution in [3.05, 3.63) is 42.0 Å². The van der Waals surface area contributed by atoms with Crippen molar-refractivity contribution in [3.63, 3.8) is 0 Å². The molecule has 0 heterocycles. The summed E-state index contributed by atoms with van der Waals surface area (Å²) >= 11 is 0. The largest absolute Gasteiger partial charge is 0.456 e. The molecule has 1 aromatic carbocycles. The third-order valence-electron chi connectivity index (χ3n) is 2.34. The zero-order chi connectivity index (χ0) is 17.7. The maximum atomic E-state index is 12.4. The minimum Gasteiger partial charge on any atom is -0.456 e. The molecule has 1 aromatic rings. The summed E-state index contributed by atoms with van der Waals surface area (Å²) in [5.74, 6) is -1.37. The van der Waals surface area contributed by atoms with Crippen molar-refractivity contribution in [1.82, 2.24) is 0 Å². The molecule has 0 bridgehead atoms. The van der Waals surface area contributed by atoms with Gasteiger partial charge in [-0.05, 0) is 47.1 Å². The smallest absolute Gasteiger partial charge is 0.366 e. The molecule has 5 nitrogen and oxygen atoms in total. The van der Waals surface area contributed by atoms with Crippen LogP contribution in [0.15, 0.2) is 36.4 Å². The van der Waals surface area contributed by atoms with E-state index in [2.05, 4.69) is 0 Å². The Bertz CT molecular complexity index is 574. The quantitative estimate of drug-likeness (QED) is 0.366. The van der Waals surface area contributed by atoms with E-state index >= 15 is 0 Å². The van der Waals surface area contributed by atoms with E-state index in [1.54, 1.807) is 65.8 Å². The minimum atomic E-state index is -0.773. The van der Waals surface area contributed by atoms with E-state index in [4.69, 9.17) is 14.5 Å². The molecule has 0 aliphatic heterocycles. The summed E-state index contributed by atoms with van der Waals surface area (Å²) < 4.78 is 5.34. The summed E-state index contributed by atoms with van der Waals surface area (Å²) in [7, 11) is 0. The zero-order valence-electron chi connectivity index (χ0n) is 14.5. The van der Waals surface area contributed by atoms with Crippen LogP contribution in [0.2, 0.25) is 0 Å². The molecule has 0 radical (unpaired) electrons. The lowest BCUT2D eigenvalue weighted by Crippen LogP contribution is -2.25. The first-order valence-electron chi connectivity index (χ1n) is 7.38.